The Morgan fingerprint density at radius 3 is 2.82 bits per heavy atom. The minimum Gasteiger partial charge on any atom is -0.481 e. The molecule has 2 N–H and O–H groups in total. The van der Waals surface area contributed by atoms with E-state index >= 15 is 0 Å². The lowest BCUT2D eigenvalue weighted by atomic mass is 9.85. The number of aliphatic carboxylic acids is 1. The van der Waals surface area contributed by atoms with Gasteiger partial charge in [-0.3, -0.25) is 4.79 Å². The highest BCUT2D eigenvalue weighted by Gasteiger charge is 2.28. The largest absolute Gasteiger partial charge is 0.481 e. The van der Waals surface area contributed by atoms with Crippen LogP contribution in [-0.2, 0) is 11.2 Å². The van der Waals surface area contributed by atoms with Crippen molar-refractivity contribution >= 4 is 28.5 Å². The zero-order valence-corrected chi connectivity index (χ0v) is 10.5. The quantitative estimate of drug-likeness (QED) is 0.878. The van der Waals surface area contributed by atoms with Crippen LogP contribution in [0.2, 0.25) is 5.02 Å². The maximum absolute atomic E-state index is 11.1. The summed E-state index contributed by atoms with van der Waals surface area (Å²) >= 11 is 6.03. The molecular weight excluding hydrogens is 238 g/mol. The molecule has 0 fully saturated rings. The number of nitrogens with one attached hydrogen (secondary N) is 1. The van der Waals surface area contributed by atoms with Crippen LogP contribution >= 0.6 is 11.6 Å². The molecule has 3 nitrogen and oxygen atoms in total. The Kier molecular flexibility index (Phi) is 2.87. The summed E-state index contributed by atoms with van der Waals surface area (Å²) in [6.45, 7) is 3.44. The van der Waals surface area contributed by atoms with Gasteiger partial charge in [0, 0.05) is 11.6 Å². The number of halogens is 1. The standard InChI is InChI=1S/C13H14ClNO2/c1-13(2,12(16)17)6-8-4-3-5-9-10(14)7-15-11(8)9/h3-5,7,15H,6H2,1-2H3,(H,16,17). The molecule has 0 aliphatic rings. The molecule has 0 saturated heterocycles. The van der Waals surface area contributed by atoms with Gasteiger partial charge in [-0.1, -0.05) is 29.8 Å². The van der Waals surface area contributed by atoms with Gasteiger partial charge in [-0.25, -0.2) is 0 Å². The molecule has 1 aromatic carbocycles. The molecule has 0 atom stereocenters. The van der Waals surface area contributed by atoms with E-state index in [1.807, 2.05) is 18.2 Å². The van der Waals surface area contributed by atoms with Crippen LogP contribution in [0.4, 0.5) is 0 Å². The normalized spacial score (nSPS) is 11.9. The van der Waals surface area contributed by atoms with Crippen molar-refractivity contribution in [2.24, 2.45) is 5.41 Å². The average Bonchev–Trinajstić information content (AvgIpc) is 2.61. The first-order valence-corrected chi connectivity index (χ1v) is 5.77. The van der Waals surface area contributed by atoms with Crippen molar-refractivity contribution in [3.8, 4) is 0 Å². The number of hydrogen-bond donors (Lipinski definition) is 2. The summed E-state index contributed by atoms with van der Waals surface area (Å²) in [6, 6.07) is 5.75. The van der Waals surface area contributed by atoms with Crippen LogP contribution in [-0.4, -0.2) is 16.1 Å². The van der Waals surface area contributed by atoms with Crippen LogP contribution in [0, 0.1) is 5.41 Å². The zero-order chi connectivity index (χ0) is 12.6. The molecule has 2 rings (SSSR count). The minimum atomic E-state index is -0.799. The van der Waals surface area contributed by atoms with Crippen LogP contribution in [0.25, 0.3) is 10.9 Å². The van der Waals surface area contributed by atoms with Crippen LogP contribution in [0.3, 0.4) is 0 Å². The number of fused-ring (bicyclic) bond motifs is 1. The number of aromatic nitrogens is 1. The molecule has 90 valence electrons. The average molecular weight is 252 g/mol. The first-order valence-electron chi connectivity index (χ1n) is 5.40. The van der Waals surface area contributed by atoms with Crippen LogP contribution in [0.15, 0.2) is 24.4 Å². The fourth-order valence-electron chi connectivity index (χ4n) is 1.88. The van der Waals surface area contributed by atoms with Gasteiger partial charge in [0.1, 0.15) is 0 Å². The number of rotatable bonds is 3. The Labute approximate surface area is 104 Å². The predicted molar refractivity (Wildman–Crippen MR) is 68.4 cm³/mol. The monoisotopic (exact) mass is 251 g/mol. The fraction of sp³-hybridized carbons (Fsp3) is 0.308. The summed E-state index contributed by atoms with van der Waals surface area (Å²) in [5, 5.41) is 10.7. The number of para-hydroxylation sites is 1. The first-order chi connectivity index (χ1) is 7.92. The Balaban J connectivity index is 2.46. The van der Waals surface area contributed by atoms with E-state index < -0.39 is 11.4 Å². The maximum Gasteiger partial charge on any atom is 0.309 e. The summed E-state index contributed by atoms with van der Waals surface area (Å²) in [7, 11) is 0. The second-order valence-electron chi connectivity index (χ2n) is 4.84. The van der Waals surface area contributed by atoms with E-state index in [-0.39, 0.29) is 0 Å². The van der Waals surface area contributed by atoms with Crippen molar-refractivity contribution in [1.82, 2.24) is 4.98 Å². The molecule has 1 aromatic heterocycles. The number of hydrogen-bond acceptors (Lipinski definition) is 1. The van der Waals surface area contributed by atoms with Gasteiger partial charge in [0.15, 0.2) is 0 Å². The van der Waals surface area contributed by atoms with E-state index in [1.165, 1.54) is 0 Å². The number of aromatic amines is 1. The lowest BCUT2D eigenvalue weighted by Gasteiger charge is -2.19. The molecule has 0 aliphatic heterocycles. The molecule has 0 spiro atoms. The smallest absolute Gasteiger partial charge is 0.309 e. The van der Waals surface area contributed by atoms with Gasteiger partial charge in [0.05, 0.1) is 16.0 Å². The van der Waals surface area contributed by atoms with Crippen molar-refractivity contribution in [2.45, 2.75) is 20.3 Å². The molecule has 2 aromatic rings. The predicted octanol–water partition coefficient (Wildman–Crippen LogP) is 3.47. The Bertz CT molecular complexity index is 572. The third kappa shape index (κ3) is 2.15. The fourth-order valence-corrected chi connectivity index (χ4v) is 2.09. The molecule has 0 aliphatic carbocycles. The van der Waals surface area contributed by atoms with Gasteiger partial charge in [0.25, 0.3) is 0 Å². The molecule has 0 saturated carbocycles. The van der Waals surface area contributed by atoms with Crippen molar-refractivity contribution in [1.29, 1.82) is 0 Å². The second kappa shape index (κ2) is 4.08. The molecule has 0 unspecified atom stereocenters. The van der Waals surface area contributed by atoms with Crippen molar-refractivity contribution in [3.05, 3.63) is 35.0 Å². The van der Waals surface area contributed by atoms with Gasteiger partial charge in [-0.2, -0.15) is 0 Å². The third-order valence-corrected chi connectivity index (χ3v) is 3.28. The second-order valence-corrected chi connectivity index (χ2v) is 5.25. The Morgan fingerprint density at radius 1 is 1.47 bits per heavy atom. The van der Waals surface area contributed by atoms with E-state index in [4.69, 9.17) is 16.7 Å². The number of carboxylic acids is 1. The highest BCUT2D eigenvalue weighted by atomic mass is 35.5. The third-order valence-electron chi connectivity index (χ3n) is 2.96. The highest BCUT2D eigenvalue weighted by molar-refractivity contribution is 6.35. The van der Waals surface area contributed by atoms with E-state index in [1.54, 1.807) is 20.0 Å². The van der Waals surface area contributed by atoms with E-state index in [0.29, 0.717) is 11.4 Å². The number of H-pyrrole nitrogens is 1. The first kappa shape index (κ1) is 12.0. The molecule has 17 heavy (non-hydrogen) atoms. The van der Waals surface area contributed by atoms with Crippen molar-refractivity contribution < 1.29 is 9.90 Å². The van der Waals surface area contributed by atoms with Crippen molar-refractivity contribution in [2.75, 3.05) is 0 Å². The van der Waals surface area contributed by atoms with E-state index in [0.717, 1.165) is 16.5 Å². The van der Waals surface area contributed by atoms with Crippen LogP contribution < -0.4 is 0 Å². The number of carbonyl (C=O) groups is 1. The maximum atomic E-state index is 11.1. The Hall–Kier alpha value is -1.48. The molecule has 1 heterocycles. The van der Waals surface area contributed by atoms with Gasteiger partial charge in [-0.15, -0.1) is 0 Å². The highest BCUT2D eigenvalue weighted by Crippen LogP contribution is 2.30. The molecule has 0 bridgehead atoms. The lowest BCUT2D eigenvalue weighted by Crippen LogP contribution is -2.26. The van der Waals surface area contributed by atoms with Crippen LogP contribution in [0.5, 0.6) is 0 Å². The number of carboxylic acid groups (broad SMARTS) is 1. The lowest BCUT2D eigenvalue weighted by molar-refractivity contribution is -0.146. The van der Waals surface area contributed by atoms with Gasteiger partial charge in [0.2, 0.25) is 0 Å². The summed E-state index contributed by atoms with van der Waals surface area (Å²) in [4.78, 5) is 14.2. The molecule has 0 amide bonds. The molecular formula is C13H14ClNO2. The van der Waals surface area contributed by atoms with Crippen LogP contribution in [0.1, 0.15) is 19.4 Å². The van der Waals surface area contributed by atoms with Gasteiger partial charge < -0.3 is 10.1 Å². The van der Waals surface area contributed by atoms with E-state index in [2.05, 4.69) is 4.98 Å². The SMILES string of the molecule is CC(C)(Cc1cccc2c(Cl)c[nH]c12)C(=O)O. The zero-order valence-electron chi connectivity index (χ0n) is 9.75. The Morgan fingerprint density at radius 2 is 2.18 bits per heavy atom. The minimum absolute atomic E-state index is 0.469. The summed E-state index contributed by atoms with van der Waals surface area (Å²) in [5.74, 6) is -0.799. The summed E-state index contributed by atoms with van der Waals surface area (Å²) < 4.78 is 0. The summed E-state index contributed by atoms with van der Waals surface area (Å²) in [6.07, 6.45) is 2.19. The molecule has 0 radical (unpaired) electrons. The van der Waals surface area contributed by atoms with Crippen molar-refractivity contribution in [3.63, 3.8) is 0 Å². The van der Waals surface area contributed by atoms with Gasteiger partial charge >= 0.3 is 5.97 Å². The number of benzene rings is 1. The van der Waals surface area contributed by atoms with Gasteiger partial charge in [-0.05, 0) is 25.8 Å². The molecule has 4 heteroatoms. The topological polar surface area (TPSA) is 53.1 Å². The summed E-state index contributed by atoms with van der Waals surface area (Å²) in [5.41, 5.74) is 1.11. The van der Waals surface area contributed by atoms with E-state index in [9.17, 15) is 4.79 Å².